The van der Waals surface area contributed by atoms with Crippen molar-refractivity contribution in [2.24, 2.45) is 13.0 Å². The van der Waals surface area contributed by atoms with Crippen molar-refractivity contribution < 1.29 is 4.79 Å². The van der Waals surface area contributed by atoms with Crippen LogP contribution in [0.1, 0.15) is 35.3 Å². The third kappa shape index (κ3) is 3.45. The lowest BCUT2D eigenvalue weighted by Gasteiger charge is -2.28. The van der Waals surface area contributed by atoms with Gasteiger partial charge in [-0.05, 0) is 60.4 Å². The van der Waals surface area contributed by atoms with E-state index in [0.717, 1.165) is 45.9 Å². The van der Waals surface area contributed by atoms with E-state index in [-0.39, 0.29) is 12.2 Å². The summed E-state index contributed by atoms with van der Waals surface area (Å²) >= 11 is 0. The lowest BCUT2D eigenvalue weighted by Crippen LogP contribution is -2.32. The van der Waals surface area contributed by atoms with Gasteiger partial charge in [-0.3, -0.25) is 14.5 Å². The number of rotatable bonds is 5. The molecular formula is C26H25N5O. The van der Waals surface area contributed by atoms with Gasteiger partial charge in [0.2, 0.25) is 0 Å². The SMILES string of the molecule is Cn1cc(-c2ccc3cnc(CC(=O)c4ccnc(N5CC6CCC5C6)c4)cc3c2)cn1. The highest BCUT2D eigenvalue weighted by Gasteiger charge is 2.38. The zero-order valence-corrected chi connectivity index (χ0v) is 18.1. The summed E-state index contributed by atoms with van der Waals surface area (Å²) in [6.07, 6.45) is 11.6. The van der Waals surface area contributed by atoms with Gasteiger partial charge in [0.15, 0.2) is 5.78 Å². The second kappa shape index (κ2) is 7.55. The van der Waals surface area contributed by atoms with Gasteiger partial charge < -0.3 is 4.90 Å². The summed E-state index contributed by atoms with van der Waals surface area (Å²) < 4.78 is 1.80. The first kappa shape index (κ1) is 19.2. The Morgan fingerprint density at radius 3 is 2.75 bits per heavy atom. The van der Waals surface area contributed by atoms with Crippen LogP contribution in [-0.4, -0.2) is 38.1 Å². The predicted octanol–water partition coefficient (Wildman–Crippen LogP) is 4.44. The van der Waals surface area contributed by atoms with E-state index in [0.29, 0.717) is 11.6 Å². The van der Waals surface area contributed by atoms with Crippen LogP contribution in [0, 0.1) is 5.92 Å². The van der Waals surface area contributed by atoms with Crippen molar-refractivity contribution in [2.75, 3.05) is 11.4 Å². The van der Waals surface area contributed by atoms with Gasteiger partial charge in [-0.2, -0.15) is 5.10 Å². The van der Waals surface area contributed by atoms with E-state index < -0.39 is 0 Å². The van der Waals surface area contributed by atoms with Crippen LogP contribution in [0.25, 0.3) is 21.9 Å². The number of nitrogens with zero attached hydrogens (tertiary/aromatic N) is 5. The Labute approximate surface area is 186 Å². The molecule has 6 nitrogen and oxygen atoms in total. The average Bonchev–Trinajstić information content (AvgIpc) is 3.56. The number of carbonyl (C=O) groups excluding carboxylic acids is 1. The van der Waals surface area contributed by atoms with Gasteiger partial charge in [0.1, 0.15) is 5.82 Å². The van der Waals surface area contributed by atoms with Gasteiger partial charge in [-0.25, -0.2) is 4.98 Å². The molecule has 2 unspecified atom stereocenters. The topological polar surface area (TPSA) is 63.9 Å². The molecule has 160 valence electrons. The quantitative estimate of drug-likeness (QED) is 0.444. The Hall–Kier alpha value is -3.54. The van der Waals surface area contributed by atoms with Crippen LogP contribution >= 0.6 is 0 Å². The smallest absolute Gasteiger partial charge is 0.169 e. The largest absolute Gasteiger partial charge is 0.353 e. The van der Waals surface area contributed by atoms with E-state index in [1.165, 1.54) is 19.3 Å². The summed E-state index contributed by atoms with van der Waals surface area (Å²) in [4.78, 5) is 24.6. The number of hydrogen-bond acceptors (Lipinski definition) is 5. The first-order valence-electron chi connectivity index (χ1n) is 11.3. The molecule has 2 aliphatic rings. The number of aromatic nitrogens is 4. The Balaban J connectivity index is 1.24. The Kier molecular flexibility index (Phi) is 4.52. The highest BCUT2D eigenvalue weighted by molar-refractivity contribution is 5.98. The maximum absolute atomic E-state index is 13.1. The van der Waals surface area contributed by atoms with Crippen LogP contribution in [0.2, 0.25) is 0 Å². The zero-order valence-electron chi connectivity index (χ0n) is 18.1. The Bertz CT molecular complexity index is 1330. The lowest BCUT2D eigenvalue weighted by atomic mass is 10.0. The third-order valence-electron chi connectivity index (χ3n) is 6.93. The van der Waals surface area contributed by atoms with E-state index in [4.69, 9.17) is 0 Å². The molecule has 3 aromatic heterocycles. The molecule has 0 spiro atoms. The minimum atomic E-state index is 0.0771. The summed E-state index contributed by atoms with van der Waals surface area (Å²) in [5, 5.41) is 6.40. The van der Waals surface area contributed by atoms with E-state index in [1.807, 2.05) is 43.8 Å². The van der Waals surface area contributed by atoms with Gasteiger partial charge in [0, 0.05) is 60.4 Å². The van der Waals surface area contributed by atoms with Crippen molar-refractivity contribution in [3.63, 3.8) is 0 Å². The summed E-state index contributed by atoms with van der Waals surface area (Å²) in [7, 11) is 1.91. The third-order valence-corrected chi connectivity index (χ3v) is 6.93. The molecule has 1 aromatic carbocycles. The van der Waals surface area contributed by atoms with Crippen molar-refractivity contribution >= 4 is 22.4 Å². The van der Waals surface area contributed by atoms with Gasteiger partial charge in [0.05, 0.1) is 12.6 Å². The molecule has 2 atom stereocenters. The normalized spacial score (nSPS) is 19.7. The lowest BCUT2D eigenvalue weighted by molar-refractivity contribution is 0.0992. The van der Waals surface area contributed by atoms with E-state index >= 15 is 0 Å². The molecule has 0 amide bonds. The molecule has 4 aromatic rings. The average molecular weight is 424 g/mol. The molecule has 1 saturated carbocycles. The molecule has 1 saturated heterocycles. The van der Waals surface area contributed by atoms with Crippen molar-refractivity contribution in [2.45, 2.75) is 31.7 Å². The monoisotopic (exact) mass is 423 g/mol. The van der Waals surface area contributed by atoms with Crippen molar-refractivity contribution in [1.82, 2.24) is 19.7 Å². The first-order valence-corrected chi connectivity index (χ1v) is 11.3. The van der Waals surface area contributed by atoms with Crippen LogP contribution in [0.15, 0.2) is 61.2 Å². The number of pyridine rings is 2. The molecule has 6 rings (SSSR count). The molecule has 0 N–H and O–H groups in total. The number of ketones is 1. The van der Waals surface area contributed by atoms with Gasteiger partial charge >= 0.3 is 0 Å². The van der Waals surface area contributed by atoms with E-state index in [1.54, 1.807) is 10.9 Å². The van der Waals surface area contributed by atoms with Crippen molar-refractivity contribution in [3.8, 4) is 11.1 Å². The fraction of sp³-hybridized carbons (Fsp3) is 0.308. The number of benzene rings is 1. The number of aryl methyl sites for hydroxylation is 1. The number of piperidine rings is 1. The maximum atomic E-state index is 13.1. The number of hydrogen-bond donors (Lipinski definition) is 0. The van der Waals surface area contributed by atoms with Crippen LogP contribution < -0.4 is 4.90 Å². The van der Waals surface area contributed by atoms with Crippen molar-refractivity contribution in [1.29, 1.82) is 0 Å². The van der Waals surface area contributed by atoms with Gasteiger partial charge in [0.25, 0.3) is 0 Å². The number of Topliss-reactive ketones (excluding diaryl/α,β-unsaturated/α-hetero) is 1. The number of carbonyl (C=O) groups is 1. The van der Waals surface area contributed by atoms with E-state index in [9.17, 15) is 4.79 Å². The minimum absolute atomic E-state index is 0.0771. The molecule has 6 heteroatoms. The molecule has 2 bridgehead atoms. The Morgan fingerprint density at radius 2 is 1.97 bits per heavy atom. The summed E-state index contributed by atoms with van der Waals surface area (Å²) in [5.41, 5.74) is 3.67. The fourth-order valence-electron chi connectivity index (χ4n) is 5.25. The Morgan fingerprint density at radius 1 is 1.03 bits per heavy atom. The summed E-state index contributed by atoms with van der Waals surface area (Å²) in [6.45, 7) is 1.07. The minimum Gasteiger partial charge on any atom is -0.353 e. The second-order valence-electron chi connectivity index (χ2n) is 9.13. The molecular weight excluding hydrogens is 398 g/mol. The van der Waals surface area contributed by atoms with Crippen LogP contribution in [0.3, 0.4) is 0 Å². The van der Waals surface area contributed by atoms with Gasteiger partial charge in [-0.1, -0.05) is 12.1 Å². The number of anilines is 1. The molecule has 4 heterocycles. The fourth-order valence-corrected chi connectivity index (χ4v) is 5.25. The zero-order chi connectivity index (χ0) is 21.7. The second-order valence-corrected chi connectivity index (χ2v) is 9.13. The molecule has 1 aliphatic carbocycles. The summed E-state index contributed by atoms with van der Waals surface area (Å²) in [5.74, 6) is 1.81. The first-order chi connectivity index (χ1) is 15.6. The standard InChI is InChI=1S/C26H25N5O/c1-30-16-22(14-29-30)18-3-4-20-13-28-23(10-21(20)9-18)12-25(32)19-6-7-27-26(11-19)31-15-17-2-5-24(31)8-17/h3-4,6-7,9-11,13-14,16-17,24H,2,5,8,12,15H2,1H3. The molecule has 32 heavy (non-hydrogen) atoms. The molecule has 2 fully saturated rings. The maximum Gasteiger partial charge on any atom is 0.169 e. The van der Waals surface area contributed by atoms with Crippen LogP contribution in [-0.2, 0) is 13.5 Å². The molecule has 1 aliphatic heterocycles. The highest BCUT2D eigenvalue weighted by atomic mass is 16.1. The van der Waals surface area contributed by atoms with Crippen molar-refractivity contribution in [3.05, 3.63) is 72.4 Å². The van der Waals surface area contributed by atoms with Crippen LogP contribution in [0.5, 0.6) is 0 Å². The van der Waals surface area contributed by atoms with Gasteiger partial charge in [-0.15, -0.1) is 0 Å². The predicted molar refractivity (Wildman–Crippen MR) is 125 cm³/mol. The number of fused-ring (bicyclic) bond motifs is 3. The molecule has 0 radical (unpaired) electrons. The summed E-state index contributed by atoms with van der Waals surface area (Å²) in [6, 6.07) is 12.7. The highest BCUT2D eigenvalue weighted by Crippen LogP contribution is 2.39. The van der Waals surface area contributed by atoms with E-state index in [2.05, 4.69) is 38.2 Å². The van der Waals surface area contributed by atoms with Crippen LogP contribution in [0.4, 0.5) is 5.82 Å².